The van der Waals surface area contributed by atoms with Crippen LogP contribution in [0.3, 0.4) is 0 Å². The maximum Gasteiger partial charge on any atom is 0.276 e. The Hall–Kier alpha value is -1.07. The Labute approximate surface area is 115 Å². The summed E-state index contributed by atoms with van der Waals surface area (Å²) in [4.78, 5) is 0. The fraction of sp³-hybridized carbons (Fsp3) is 0.571. The van der Waals surface area contributed by atoms with Crippen LogP contribution in [0.5, 0.6) is 0 Å². The minimum Gasteiger partial charge on any atom is -0.452 e. The highest BCUT2D eigenvalue weighted by atomic mass is 32.2. The molecule has 1 aromatic rings. The van der Waals surface area contributed by atoms with Gasteiger partial charge in [-0.2, -0.15) is 4.31 Å². The van der Waals surface area contributed by atoms with Gasteiger partial charge in [0.05, 0.1) is 6.26 Å². The minimum absolute atomic E-state index is 0.0187. The molecule has 4 nitrogen and oxygen atoms in total. The third kappa shape index (κ3) is 3.48. The molecule has 0 atom stereocenters. The van der Waals surface area contributed by atoms with Gasteiger partial charge < -0.3 is 4.42 Å². The lowest BCUT2D eigenvalue weighted by atomic mass is 9.89. The summed E-state index contributed by atoms with van der Waals surface area (Å²) in [7, 11) is -3.52. The van der Waals surface area contributed by atoms with Crippen molar-refractivity contribution in [3.05, 3.63) is 31.1 Å². The maximum atomic E-state index is 12.4. The lowest BCUT2D eigenvalue weighted by molar-refractivity contribution is 0.285. The molecule has 2 rings (SSSR count). The van der Waals surface area contributed by atoms with Crippen LogP contribution in [0.2, 0.25) is 0 Å². The Morgan fingerprint density at radius 1 is 1.37 bits per heavy atom. The Morgan fingerprint density at radius 2 is 2.11 bits per heavy atom. The summed E-state index contributed by atoms with van der Waals surface area (Å²) >= 11 is 0. The van der Waals surface area contributed by atoms with E-state index in [0.717, 1.165) is 12.8 Å². The van der Waals surface area contributed by atoms with Gasteiger partial charge in [0.25, 0.3) is 10.0 Å². The number of hydrogen-bond donors (Lipinski definition) is 0. The van der Waals surface area contributed by atoms with Crippen LogP contribution < -0.4 is 0 Å². The van der Waals surface area contributed by atoms with E-state index in [4.69, 9.17) is 4.42 Å². The van der Waals surface area contributed by atoms with Gasteiger partial charge in [-0.1, -0.05) is 25.3 Å². The van der Waals surface area contributed by atoms with Gasteiger partial charge in [0.2, 0.25) is 5.09 Å². The highest BCUT2D eigenvalue weighted by molar-refractivity contribution is 7.89. The van der Waals surface area contributed by atoms with Crippen LogP contribution >= 0.6 is 0 Å². The minimum atomic E-state index is -3.52. The first kappa shape index (κ1) is 14.3. The molecule has 0 amide bonds. The molecule has 1 aliphatic rings. The van der Waals surface area contributed by atoms with Crippen molar-refractivity contribution in [3.8, 4) is 0 Å². The molecule has 0 N–H and O–H groups in total. The number of hydrogen-bond acceptors (Lipinski definition) is 3. The monoisotopic (exact) mass is 283 g/mol. The largest absolute Gasteiger partial charge is 0.452 e. The van der Waals surface area contributed by atoms with Gasteiger partial charge in [-0.15, -0.1) is 6.58 Å². The molecule has 19 heavy (non-hydrogen) atoms. The second-order valence-electron chi connectivity index (χ2n) is 5.05. The SMILES string of the molecule is C=CCN(CC1CCCCC1)S(=O)(=O)c1ccco1. The molecule has 1 fully saturated rings. The predicted molar refractivity (Wildman–Crippen MR) is 74.2 cm³/mol. The first-order chi connectivity index (χ1) is 9.14. The van der Waals surface area contributed by atoms with Crippen LogP contribution in [0.4, 0.5) is 0 Å². The number of rotatable bonds is 6. The van der Waals surface area contributed by atoms with Crippen LogP contribution in [-0.4, -0.2) is 25.8 Å². The first-order valence-electron chi connectivity index (χ1n) is 6.79. The van der Waals surface area contributed by atoms with Gasteiger partial charge >= 0.3 is 0 Å². The Morgan fingerprint density at radius 3 is 2.68 bits per heavy atom. The van der Waals surface area contributed by atoms with Gasteiger partial charge in [0.1, 0.15) is 0 Å². The number of furan rings is 1. The lowest BCUT2D eigenvalue weighted by Gasteiger charge is -2.27. The normalized spacial score (nSPS) is 17.7. The van der Waals surface area contributed by atoms with Gasteiger partial charge in [-0.25, -0.2) is 8.42 Å². The molecule has 1 aliphatic carbocycles. The summed E-state index contributed by atoms with van der Waals surface area (Å²) in [5, 5.41) is 0.0187. The highest BCUT2D eigenvalue weighted by Gasteiger charge is 2.28. The van der Waals surface area contributed by atoms with Crippen LogP contribution in [0.15, 0.2) is 40.6 Å². The molecule has 5 heteroatoms. The molecule has 0 radical (unpaired) electrons. The van der Waals surface area contributed by atoms with E-state index in [1.165, 1.54) is 35.9 Å². The quantitative estimate of drug-likeness (QED) is 0.754. The molecule has 0 saturated heterocycles. The molecular formula is C14H21NO3S. The molecule has 0 aromatic carbocycles. The fourth-order valence-electron chi connectivity index (χ4n) is 2.61. The summed E-state index contributed by atoms with van der Waals surface area (Å²) in [6.07, 6.45) is 8.91. The van der Waals surface area contributed by atoms with Gasteiger partial charge in [-0.3, -0.25) is 0 Å². The third-order valence-electron chi connectivity index (χ3n) is 3.61. The Bertz CT molecular complexity index is 487. The van der Waals surface area contributed by atoms with Gasteiger partial charge in [0, 0.05) is 13.1 Å². The van der Waals surface area contributed by atoms with Crippen molar-refractivity contribution in [2.45, 2.75) is 37.2 Å². The van der Waals surface area contributed by atoms with E-state index in [0.29, 0.717) is 19.0 Å². The van der Waals surface area contributed by atoms with Gasteiger partial charge in [-0.05, 0) is 30.9 Å². The zero-order valence-corrected chi connectivity index (χ0v) is 11.9. The van der Waals surface area contributed by atoms with Crippen molar-refractivity contribution in [2.24, 2.45) is 5.92 Å². The fourth-order valence-corrected chi connectivity index (χ4v) is 4.00. The number of nitrogens with zero attached hydrogens (tertiary/aromatic N) is 1. The van der Waals surface area contributed by atoms with E-state index in [1.807, 2.05) is 0 Å². The van der Waals surface area contributed by atoms with E-state index in [-0.39, 0.29) is 5.09 Å². The van der Waals surface area contributed by atoms with Crippen LogP contribution in [0.1, 0.15) is 32.1 Å². The van der Waals surface area contributed by atoms with E-state index in [9.17, 15) is 8.42 Å². The summed E-state index contributed by atoms with van der Waals surface area (Å²) in [5.41, 5.74) is 0. The Balaban J connectivity index is 2.12. The second-order valence-corrected chi connectivity index (χ2v) is 6.92. The number of sulfonamides is 1. The zero-order valence-electron chi connectivity index (χ0n) is 11.1. The molecule has 0 aliphatic heterocycles. The summed E-state index contributed by atoms with van der Waals surface area (Å²) < 4.78 is 31.4. The van der Waals surface area contributed by atoms with Gasteiger partial charge in [0.15, 0.2) is 0 Å². The highest BCUT2D eigenvalue weighted by Crippen LogP contribution is 2.26. The average molecular weight is 283 g/mol. The predicted octanol–water partition coefficient (Wildman–Crippen LogP) is 3.04. The maximum absolute atomic E-state index is 12.4. The summed E-state index contributed by atoms with van der Waals surface area (Å²) in [5.74, 6) is 0.457. The van der Waals surface area contributed by atoms with E-state index in [2.05, 4.69) is 6.58 Å². The molecule has 1 saturated carbocycles. The Kier molecular flexibility index (Phi) is 4.82. The van der Waals surface area contributed by atoms with Crippen molar-refractivity contribution in [2.75, 3.05) is 13.1 Å². The zero-order chi connectivity index (χ0) is 13.7. The summed E-state index contributed by atoms with van der Waals surface area (Å²) in [6, 6.07) is 3.09. The van der Waals surface area contributed by atoms with Crippen molar-refractivity contribution >= 4 is 10.0 Å². The van der Waals surface area contributed by atoms with Crippen molar-refractivity contribution in [1.82, 2.24) is 4.31 Å². The second kappa shape index (κ2) is 6.39. The van der Waals surface area contributed by atoms with Crippen molar-refractivity contribution < 1.29 is 12.8 Å². The topological polar surface area (TPSA) is 50.5 Å². The van der Waals surface area contributed by atoms with Crippen molar-refractivity contribution in [1.29, 1.82) is 0 Å². The molecule has 106 valence electrons. The van der Waals surface area contributed by atoms with Crippen molar-refractivity contribution in [3.63, 3.8) is 0 Å². The van der Waals surface area contributed by atoms with E-state index < -0.39 is 10.0 Å². The first-order valence-corrected chi connectivity index (χ1v) is 8.23. The lowest BCUT2D eigenvalue weighted by Crippen LogP contribution is -2.36. The molecule has 0 unspecified atom stereocenters. The molecule has 0 bridgehead atoms. The molecular weight excluding hydrogens is 262 g/mol. The average Bonchev–Trinajstić information content (AvgIpc) is 2.94. The molecule has 1 heterocycles. The van der Waals surface area contributed by atoms with Crippen LogP contribution in [0, 0.1) is 5.92 Å². The molecule has 0 spiro atoms. The van der Waals surface area contributed by atoms with E-state index in [1.54, 1.807) is 12.1 Å². The summed E-state index contributed by atoms with van der Waals surface area (Å²) in [6.45, 7) is 4.55. The smallest absolute Gasteiger partial charge is 0.276 e. The standard InChI is InChI=1S/C14H21NO3S/c1-2-10-15(12-13-7-4-3-5-8-13)19(16,17)14-9-6-11-18-14/h2,6,9,11,13H,1,3-5,7-8,10,12H2. The van der Waals surface area contributed by atoms with E-state index >= 15 is 0 Å². The molecule has 1 aromatic heterocycles. The third-order valence-corrected chi connectivity index (χ3v) is 5.33. The van der Waals surface area contributed by atoms with Crippen LogP contribution in [0.25, 0.3) is 0 Å². The van der Waals surface area contributed by atoms with Crippen LogP contribution in [-0.2, 0) is 10.0 Å².